The lowest BCUT2D eigenvalue weighted by atomic mass is 9.46. The molecule has 0 aliphatic heterocycles. The van der Waals surface area contributed by atoms with E-state index in [1.54, 1.807) is 4.40 Å². The molecule has 1 N–H and O–H groups in total. The van der Waals surface area contributed by atoms with E-state index in [4.69, 9.17) is 4.74 Å². The third-order valence-corrected chi connectivity index (χ3v) is 7.84. The Bertz CT molecular complexity index is 1020. The molecule has 4 fully saturated rings. The molecular weight excluding hydrogens is 376 g/mol. The quantitative estimate of drug-likeness (QED) is 0.797. The predicted octanol–water partition coefficient (Wildman–Crippen LogP) is 3.43. The molecule has 8 heteroatoms. The highest BCUT2D eigenvalue weighted by Crippen LogP contribution is 2.61. The fraction of sp³-hybridized carbons (Fsp3) is 0.700. The number of fused-ring (bicyclic) bond motifs is 3. The Kier molecular flexibility index (Phi) is 3.96. The normalized spacial score (nSPS) is 28.8. The van der Waals surface area contributed by atoms with Crippen LogP contribution in [0.1, 0.15) is 57.4 Å². The summed E-state index contributed by atoms with van der Waals surface area (Å²) in [5.74, 6) is 3.85. The minimum absolute atomic E-state index is 0.223. The van der Waals surface area contributed by atoms with E-state index < -0.39 is 10.0 Å². The highest BCUT2D eigenvalue weighted by atomic mass is 32.2. The van der Waals surface area contributed by atoms with Gasteiger partial charge in [0.15, 0.2) is 5.65 Å². The Morgan fingerprint density at radius 1 is 1.25 bits per heavy atom. The van der Waals surface area contributed by atoms with Crippen LogP contribution in [0.3, 0.4) is 0 Å². The van der Waals surface area contributed by atoms with Crippen molar-refractivity contribution in [2.24, 2.45) is 23.2 Å². The first-order valence-corrected chi connectivity index (χ1v) is 12.1. The van der Waals surface area contributed by atoms with Crippen LogP contribution in [0.4, 0.5) is 5.95 Å². The number of anilines is 1. The Balaban J connectivity index is 1.40. The number of sulfonamides is 1. The van der Waals surface area contributed by atoms with E-state index in [2.05, 4.69) is 28.8 Å². The zero-order valence-electron chi connectivity index (χ0n) is 16.7. The third kappa shape index (κ3) is 3.06. The molecule has 2 aromatic rings. The van der Waals surface area contributed by atoms with Gasteiger partial charge in [-0.15, -0.1) is 10.2 Å². The zero-order chi connectivity index (χ0) is 19.7. The van der Waals surface area contributed by atoms with Gasteiger partial charge in [0.05, 0.1) is 12.9 Å². The molecule has 2 heterocycles. The molecule has 0 aromatic carbocycles. The number of hydrogen-bond donors (Lipinski definition) is 1. The van der Waals surface area contributed by atoms with Crippen molar-refractivity contribution in [2.45, 2.75) is 51.9 Å². The molecule has 7 nitrogen and oxygen atoms in total. The number of pyridine rings is 1. The topological polar surface area (TPSA) is 85.6 Å². The summed E-state index contributed by atoms with van der Waals surface area (Å²) >= 11 is 0. The molecule has 0 spiro atoms. The average Bonchev–Trinajstić information content (AvgIpc) is 3.41. The summed E-state index contributed by atoms with van der Waals surface area (Å²) in [4.78, 5) is 0. The van der Waals surface area contributed by atoms with Crippen molar-refractivity contribution in [3.63, 3.8) is 0 Å². The Hall–Kier alpha value is -1.83. The van der Waals surface area contributed by atoms with E-state index in [9.17, 15) is 8.42 Å². The second kappa shape index (κ2) is 6.08. The molecule has 3 atom stereocenters. The average molecular weight is 405 g/mol. The van der Waals surface area contributed by atoms with Gasteiger partial charge in [-0.2, -0.15) is 0 Å². The first kappa shape index (κ1) is 18.2. The van der Waals surface area contributed by atoms with Crippen molar-refractivity contribution in [3.05, 3.63) is 17.8 Å². The van der Waals surface area contributed by atoms with Crippen LogP contribution >= 0.6 is 0 Å². The van der Waals surface area contributed by atoms with Gasteiger partial charge in [-0.25, -0.2) is 8.42 Å². The lowest BCUT2D eigenvalue weighted by Gasteiger charge is -2.60. The maximum atomic E-state index is 11.6. The fourth-order valence-electron chi connectivity index (χ4n) is 5.35. The molecule has 152 valence electrons. The number of nitrogens with zero attached hydrogens (tertiary/aromatic N) is 3. The molecule has 4 aliphatic carbocycles. The number of nitrogens with one attached hydrogen (secondary N) is 1. The standard InChI is InChI=1S/C20H28N4O3S/c1-20(2)14-7-6-13(16(20)8-14)11-27-17-9-18-21-22-19(23-28(3,25)26)24(18)10-15(17)12-4-5-12/h9-10,12-14,16H,4-8,11H2,1-3H3,(H,22,23)/t13-,14+,16+/m0/s1. The number of ether oxygens (including phenoxy) is 1. The van der Waals surface area contributed by atoms with E-state index in [0.29, 0.717) is 22.9 Å². The van der Waals surface area contributed by atoms with Gasteiger partial charge in [0.1, 0.15) is 5.75 Å². The molecule has 0 radical (unpaired) electrons. The first-order valence-electron chi connectivity index (χ1n) is 10.2. The third-order valence-electron chi connectivity index (χ3n) is 7.28. The lowest BCUT2D eigenvalue weighted by Crippen LogP contribution is -2.53. The summed E-state index contributed by atoms with van der Waals surface area (Å²) in [6, 6.07) is 1.91. The highest BCUT2D eigenvalue weighted by molar-refractivity contribution is 7.91. The van der Waals surface area contributed by atoms with Gasteiger partial charge >= 0.3 is 0 Å². The minimum Gasteiger partial charge on any atom is -0.493 e. The van der Waals surface area contributed by atoms with Crippen LogP contribution in [0.5, 0.6) is 5.75 Å². The van der Waals surface area contributed by atoms with Crippen molar-refractivity contribution in [2.75, 3.05) is 17.6 Å². The molecule has 2 aromatic heterocycles. The predicted molar refractivity (Wildman–Crippen MR) is 107 cm³/mol. The van der Waals surface area contributed by atoms with Gasteiger partial charge in [-0.3, -0.25) is 9.12 Å². The van der Waals surface area contributed by atoms with E-state index in [1.165, 1.54) is 19.3 Å². The largest absolute Gasteiger partial charge is 0.493 e. The number of hydrogen-bond acceptors (Lipinski definition) is 5. The van der Waals surface area contributed by atoms with E-state index >= 15 is 0 Å². The van der Waals surface area contributed by atoms with Crippen molar-refractivity contribution < 1.29 is 13.2 Å². The SMILES string of the molecule is CC1(C)[C@@H]2CC[C@@H](COc3cc4nnc(NS(C)(=O)=O)n4cc3C3CC3)[C@H]1C2. The first-order chi connectivity index (χ1) is 13.2. The van der Waals surface area contributed by atoms with Crippen molar-refractivity contribution in [3.8, 4) is 5.75 Å². The summed E-state index contributed by atoms with van der Waals surface area (Å²) in [5, 5.41) is 8.13. The summed E-state index contributed by atoms with van der Waals surface area (Å²) in [6.45, 7) is 5.57. The Morgan fingerprint density at radius 3 is 2.68 bits per heavy atom. The maximum absolute atomic E-state index is 11.6. The van der Waals surface area contributed by atoms with E-state index in [-0.39, 0.29) is 5.95 Å². The summed E-state index contributed by atoms with van der Waals surface area (Å²) < 4.78 is 33.7. The van der Waals surface area contributed by atoms with Crippen LogP contribution in [0.2, 0.25) is 0 Å². The fourth-order valence-corrected chi connectivity index (χ4v) is 5.82. The second-order valence-electron chi connectivity index (χ2n) is 9.50. The highest BCUT2D eigenvalue weighted by Gasteiger charge is 2.54. The Labute approximate surface area is 165 Å². The Morgan fingerprint density at radius 2 is 2.04 bits per heavy atom. The van der Waals surface area contributed by atoms with Crippen molar-refractivity contribution >= 4 is 21.6 Å². The monoisotopic (exact) mass is 404 g/mol. The lowest BCUT2D eigenvalue weighted by molar-refractivity contribution is -0.114. The summed E-state index contributed by atoms with van der Waals surface area (Å²) in [6.07, 6.45) is 9.26. The molecule has 4 aliphatic rings. The molecule has 6 rings (SSSR count). The van der Waals surface area contributed by atoms with E-state index in [1.807, 2.05) is 12.3 Å². The van der Waals surface area contributed by atoms with Gasteiger partial charge in [-0.1, -0.05) is 13.8 Å². The van der Waals surface area contributed by atoms with Gasteiger partial charge in [0.2, 0.25) is 16.0 Å². The molecule has 28 heavy (non-hydrogen) atoms. The minimum atomic E-state index is -3.41. The molecule has 2 bridgehead atoms. The van der Waals surface area contributed by atoms with Crippen LogP contribution < -0.4 is 9.46 Å². The molecular formula is C20H28N4O3S. The molecule has 0 amide bonds. The zero-order valence-corrected chi connectivity index (χ0v) is 17.5. The maximum Gasteiger partial charge on any atom is 0.242 e. The summed E-state index contributed by atoms with van der Waals surface area (Å²) in [5.41, 5.74) is 2.18. The molecule has 0 saturated heterocycles. The number of rotatable bonds is 6. The van der Waals surface area contributed by atoms with Gasteiger partial charge in [0, 0.05) is 17.8 Å². The van der Waals surface area contributed by atoms with Gasteiger partial charge < -0.3 is 4.74 Å². The van der Waals surface area contributed by atoms with Crippen molar-refractivity contribution in [1.82, 2.24) is 14.6 Å². The van der Waals surface area contributed by atoms with Crippen LogP contribution in [0, 0.1) is 23.2 Å². The van der Waals surface area contributed by atoms with Gasteiger partial charge in [0.25, 0.3) is 0 Å². The van der Waals surface area contributed by atoms with Crippen molar-refractivity contribution in [1.29, 1.82) is 0 Å². The second-order valence-corrected chi connectivity index (χ2v) is 11.3. The van der Waals surface area contributed by atoms with Crippen LogP contribution in [0.15, 0.2) is 12.3 Å². The summed E-state index contributed by atoms with van der Waals surface area (Å²) in [7, 11) is -3.41. The number of aromatic nitrogens is 3. The van der Waals surface area contributed by atoms with Crippen LogP contribution in [-0.4, -0.2) is 35.9 Å². The van der Waals surface area contributed by atoms with Crippen LogP contribution in [-0.2, 0) is 10.0 Å². The van der Waals surface area contributed by atoms with Crippen LogP contribution in [0.25, 0.3) is 5.65 Å². The molecule has 4 saturated carbocycles. The van der Waals surface area contributed by atoms with E-state index in [0.717, 1.165) is 48.9 Å². The van der Waals surface area contributed by atoms with Gasteiger partial charge in [-0.05, 0) is 61.2 Å². The molecule has 0 unspecified atom stereocenters. The smallest absolute Gasteiger partial charge is 0.242 e.